The first-order valence-corrected chi connectivity index (χ1v) is 7.85. The number of carboxylic acid groups (broad SMARTS) is 1. The van der Waals surface area contributed by atoms with E-state index in [4.69, 9.17) is 14.3 Å². The molecule has 0 fully saturated rings. The normalized spacial score (nSPS) is 10.6. The Hall–Kier alpha value is -3.81. The van der Waals surface area contributed by atoms with Crippen LogP contribution in [0.15, 0.2) is 51.7 Å². The minimum Gasteiger partial charge on any atom is -0.497 e. The minimum absolute atomic E-state index is 0.0774. The average molecular weight is 369 g/mol. The third kappa shape index (κ3) is 3.45. The van der Waals surface area contributed by atoms with Gasteiger partial charge in [0.2, 0.25) is 0 Å². The van der Waals surface area contributed by atoms with Crippen LogP contribution in [0.3, 0.4) is 0 Å². The van der Waals surface area contributed by atoms with Crippen LogP contribution in [0.1, 0.15) is 10.4 Å². The Bertz CT molecular complexity index is 1100. The Morgan fingerprint density at radius 2 is 1.93 bits per heavy atom. The molecule has 0 aliphatic carbocycles. The molecule has 0 saturated heterocycles. The first kappa shape index (κ1) is 18.0. The van der Waals surface area contributed by atoms with Crippen molar-refractivity contribution in [2.24, 2.45) is 0 Å². The molecule has 27 heavy (non-hydrogen) atoms. The second-order valence-electron chi connectivity index (χ2n) is 5.61. The summed E-state index contributed by atoms with van der Waals surface area (Å²) in [6, 6.07) is 11.7. The van der Waals surface area contributed by atoms with Gasteiger partial charge in [0.15, 0.2) is 0 Å². The van der Waals surface area contributed by atoms with Gasteiger partial charge in [-0.25, -0.2) is 4.79 Å². The van der Waals surface area contributed by atoms with E-state index in [0.29, 0.717) is 16.9 Å². The van der Waals surface area contributed by atoms with Gasteiger partial charge in [-0.3, -0.25) is 9.59 Å². The molecule has 3 aromatic rings. The number of hydrogen-bond acceptors (Lipinski definition) is 6. The largest absolute Gasteiger partial charge is 0.497 e. The van der Waals surface area contributed by atoms with E-state index in [-0.39, 0.29) is 16.3 Å². The quantitative estimate of drug-likeness (QED) is 0.628. The zero-order chi connectivity index (χ0) is 19.6. The van der Waals surface area contributed by atoms with Crippen LogP contribution in [0.25, 0.3) is 21.9 Å². The van der Waals surface area contributed by atoms with Crippen LogP contribution < -0.4 is 15.7 Å². The molecule has 0 unspecified atom stereocenters. The Labute approximate surface area is 152 Å². The fourth-order valence-corrected chi connectivity index (χ4v) is 2.78. The van der Waals surface area contributed by atoms with Gasteiger partial charge >= 0.3 is 11.6 Å². The summed E-state index contributed by atoms with van der Waals surface area (Å²) in [5.41, 5.74) is -0.0152. The number of methoxy groups -OCH3 is 1. The molecule has 0 aliphatic heterocycles. The minimum atomic E-state index is -1.25. The molecule has 0 radical (unpaired) electrons. The van der Waals surface area contributed by atoms with Gasteiger partial charge in [0.1, 0.15) is 17.9 Å². The fourth-order valence-electron chi connectivity index (χ4n) is 2.78. The molecule has 0 atom stereocenters. The lowest BCUT2D eigenvalue weighted by Crippen LogP contribution is -2.29. The van der Waals surface area contributed by atoms with E-state index < -0.39 is 30.0 Å². The third-order valence-electron chi connectivity index (χ3n) is 3.95. The SMILES string of the molecule is COc1cccc(-c2cccc3c(=O)oc(O)c(C(=O)NCC(=O)O)c23)c1. The van der Waals surface area contributed by atoms with Crippen molar-refractivity contribution in [2.75, 3.05) is 13.7 Å². The van der Waals surface area contributed by atoms with Gasteiger partial charge in [0.05, 0.1) is 12.5 Å². The molecular weight excluding hydrogens is 354 g/mol. The Kier molecular flexibility index (Phi) is 4.80. The molecule has 0 bridgehead atoms. The van der Waals surface area contributed by atoms with Crippen molar-refractivity contribution in [1.29, 1.82) is 0 Å². The molecule has 0 saturated carbocycles. The summed E-state index contributed by atoms with van der Waals surface area (Å²) in [5.74, 6) is -2.45. The molecule has 3 rings (SSSR count). The van der Waals surface area contributed by atoms with Crippen molar-refractivity contribution in [1.82, 2.24) is 5.32 Å². The molecule has 1 heterocycles. The zero-order valence-electron chi connectivity index (χ0n) is 14.2. The van der Waals surface area contributed by atoms with Gasteiger partial charge in [0.25, 0.3) is 11.9 Å². The number of fused-ring (bicyclic) bond motifs is 1. The van der Waals surface area contributed by atoms with E-state index in [1.54, 1.807) is 36.4 Å². The zero-order valence-corrected chi connectivity index (χ0v) is 14.2. The Morgan fingerprint density at radius 3 is 2.63 bits per heavy atom. The van der Waals surface area contributed by atoms with Gasteiger partial charge < -0.3 is 24.7 Å². The smallest absolute Gasteiger partial charge is 0.346 e. The summed E-state index contributed by atoms with van der Waals surface area (Å²) in [6.45, 7) is -0.653. The number of aromatic hydroxyl groups is 1. The van der Waals surface area contributed by atoms with Crippen molar-refractivity contribution in [2.45, 2.75) is 0 Å². The number of carbonyl (C=O) groups excluding carboxylic acids is 1. The second-order valence-corrected chi connectivity index (χ2v) is 5.61. The summed E-state index contributed by atoms with van der Waals surface area (Å²) < 4.78 is 9.96. The maximum absolute atomic E-state index is 12.5. The van der Waals surface area contributed by atoms with Gasteiger partial charge in [-0.1, -0.05) is 24.3 Å². The summed E-state index contributed by atoms with van der Waals surface area (Å²) in [6.07, 6.45) is 0. The van der Waals surface area contributed by atoms with E-state index in [1.165, 1.54) is 13.2 Å². The number of carboxylic acids is 1. The van der Waals surface area contributed by atoms with Crippen LogP contribution in [0.4, 0.5) is 0 Å². The Balaban J connectivity index is 2.30. The highest BCUT2D eigenvalue weighted by atomic mass is 16.5. The molecule has 1 amide bonds. The molecule has 138 valence electrons. The van der Waals surface area contributed by atoms with E-state index in [0.717, 1.165) is 0 Å². The van der Waals surface area contributed by atoms with Crippen LogP contribution in [0.5, 0.6) is 11.7 Å². The summed E-state index contributed by atoms with van der Waals surface area (Å²) in [4.78, 5) is 35.4. The van der Waals surface area contributed by atoms with Crippen LogP contribution in [-0.4, -0.2) is 35.7 Å². The summed E-state index contributed by atoms with van der Waals surface area (Å²) in [7, 11) is 1.51. The number of rotatable bonds is 5. The van der Waals surface area contributed by atoms with E-state index in [2.05, 4.69) is 5.32 Å². The number of nitrogens with one attached hydrogen (secondary N) is 1. The molecular formula is C19H15NO7. The molecule has 0 spiro atoms. The van der Waals surface area contributed by atoms with Gasteiger partial charge in [0, 0.05) is 5.39 Å². The monoisotopic (exact) mass is 369 g/mol. The Morgan fingerprint density at radius 1 is 1.19 bits per heavy atom. The third-order valence-corrected chi connectivity index (χ3v) is 3.95. The highest BCUT2D eigenvalue weighted by Gasteiger charge is 2.23. The first-order valence-electron chi connectivity index (χ1n) is 7.85. The number of carbonyl (C=O) groups is 2. The number of amides is 1. The first-order chi connectivity index (χ1) is 12.9. The van der Waals surface area contributed by atoms with Crippen molar-refractivity contribution < 1.29 is 29.0 Å². The maximum Gasteiger partial charge on any atom is 0.346 e. The van der Waals surface area contributed by atoms with Gasteiger partial charge in [-0.05, 0) is 29.3 Å². The highest BCUT2D eigenvalue weighted by Crippen LogP contribution is 2.34. The van der Waals surface area contributed by atoms with Crippen LogP contribution in [0, 0.1) is 0 Å². The number of hydrogen-bond donors (Lipinski definition) is 3. The molecule has 3 N–H and O–H groups in total. The highest BCUT2D eigenvalue weighted by molar-refractivity contribution is 6.13. The summed E-state index contributed by atoms with van der Waals surface area (Å²) in [5, 5.41) is 21.3. The predicted octanol–water partition coefficient (Wildman–Crippen LogP) is 1.99. The average Bonchev–Trinajstić information content (AvgIpc) is 2.66. The lowest BCUT2D eigenvalue weighted by Gasteiger charge is -2.12. The molecule has 2 aromatic carbocycles. The summed E-state index contributed by atoms with van der Waals surface area (Å²) >= 11 is 0. The number of benzene rings is 2. The van der Waals surface area contributed by atoms with E-state index >= 15 is 0 Å². The van der Waals surface area contributed by atoms with Crippen molar-refractivity contribution in [3.63, 3.8) is 0 Å². The van der Waals surface area contributed by atoms with Crippen molar-refractivity contribution in [3.8, 4) is 22.8 Å². The lowest BCUT2D eigenvalue weighted by molar-refractivity contribution is -0.135. The standard InChI is InChI=1S/C19H15NO7/c1-26-11-5-2-4-10(8-11)12-6-3-7-13-15(12)16(19(25)27-18(13)24)17(23)20-9-14(21)22/h2-8,25H,9H2,1H3,(H,20,23)(H,21,22). The van der Waals surface area contributed by atoms with Gasteiger partial charge in [-0.2, -0.15) is 0 Å². The van der Waals surface area contributed by atoms with Gasteiger partial charge in [-0.15, -0.1) is 0 Å². The molecule has 8 nitrogen and oxygen atoms in total. The lowest BCUT2D eigenvalue weighted by atomic mass is 9.95. The molecule has 8 heteroatoms. The topological polar surface area (TPSA) is 126 Å². The van der Waals surface area contributed by atoms with Crippen molar-refractivity contribution >= 4 is 22.6 Å². The maximum atomic E-state index is 12.5. The predicted molar refractivity (Wildman–Crippen MR) is 96.1 cm³/mol. The van der Waals surface area contributed by atoms with E-state index in [1.807, 2.05) is 0 Å². The van der Waals surface area contributed by atoms with E-state index in [9.17, 15) is 19.5 Å². The molecule has 0 aliphatic rings. The second kappa shape index (κ2) is 7.20. The van der Waals surface area contributed by atoms with Crippen LogP contribution in [-0.2, 0) is 4.79 Å². The van der Waals surface area contributed by atoms with Crippen LogP contribution in [0.2, 0.25) is 0 Å². The fraction of sp³-hybridized carbons (Fsp3) is 0.105. The van der Waals surface area contributed by atoms with Crippen LogP contribution >= 0.6 is 0 Å². The van der Waals surface area contributed by atoms with Crippen molar-refractivity contribution in [3.05, 3.63) is 58.4 Å². The molecule has 1 aromatic heterocycles. The number of aliphatic carboxylic acids is 1. The number of ether oxygens (including phenoxy) is 1.